The minimum atomic E-state index is -6.44. The van der Waals surface area contributed by atoms with Gasteiger partial charge in [0.15, 0.2) is 0 Å². The van der Waals surface area contributed by atoms with Crippen molar-refractivity contribution >= 4 is 11.7 Å². The Balaban J connectivity index is 4.18. The monoisotopic (exact) mass is 513 g/mol. The third kappa shape index (κ3) is 5.90. The molecule has 0 saturated heterocycles. The fourth-order valence-electron chi connectivity index (χ4n) is 2.76. The smallest absolute Gasteiger partial charge is 0.458 e. The van der Waals surface area contributed by atoms with Gasteiger partial charge in [-0.25, -0.2) is 4.79 Å². The molecule has 0 unspecified atom stereocenters. The quantitative estimate of drug-likeness (QED) is 0.159. The number of ether oxygens (including phenoxy) is 1. The van der Waals surface area contributed by atoms with E-state index in [1.165, 1.54) is 34.6 Å². The molecule has 1 rings (SSSR count). The molecule has 194 valence electrons. The molecule has 5 nitrogen and oxygen atoms in total. The normalized spacial score (nSPS) is 13.8. The van der Waals surface area contributed by atoms with E-state index in [1.807, 2.05) is 0 Å². The van der Waals surface area contributed by atoms with Crippen LogP contribution < -0.4 is 0 Å². The first-order valence-electron chi connectivity index (χ1n) is 9.65. The Morgan fingerprint density at radius 3 is 1.53 bits per heavy atom. The van der Waals surface area contributed by atoms with Gasteiger partial charge in [-0.05, 0) is 46.8 Å². The second kappa shape index (κ2) is 9.94. The van der Waals surface area contributed by atoms with Crippen molar-refractivity contribution in [2.24, 2.45) is 10.3 Å². The molecule has 0 radical (unpaired) electrons. The highest BCUT2D eigenvalue weighted by molar-refractivity contribution is 5.91. The topological polar surface area (TPSA) is 54.3 Å². The Hall–Kier alpha value is -2.61. The van der Waals surface area contributed by atoms with Crippen molar-refractivity contribution in [1.29, 1.82) is 0 Å². The number of alkyl halides is 10. The molecule has 0 bridgehead atoms. The molecule has 0 aliphatic heterocycles. The van der Waals surface area contributed by atoms with E-state index in [2.05, 4.69) is 15.1 Å². The van der Waals surface area contributed by atoms with Crippen molar-refractivity contribution in [1.82, 2.24) is 5.01 Å². The maximum atomic E-state index is 14.3. The zero-order valence-electron chi connectivity index (χ0n) is 18.5. The number of carbonyl (C=O) groups is 1. The minimum Gasteiger partial charge on any atom is -0.462 e. The van der Waals surface area contributed by atoms with Gasteiger partial charge in [-0.3, -0.25) is 5.01 Å². The van der Waals surface area contributed by atoms with Crippen molar-refractivity contribution in [3.63, 3.8) is 0 Å². The number of hydrogen-bond acceptors (Lipinski definition) is 4. The fraction of sp³-hybridized carbons (Fsp3) is 0.632. The molecule has 1 aromatic carbocycles. The van der Waals surface area contributed by atoms with Gasteiger partial charge in [0.2, 0.25) is 0 Å². The number of hydrogen-bond donors (Lipinski definition) is 0. The minimum absolute atomic E-state index is 0.190. The van der Waals surface area contributed by atoms with Crippen molar-refractivity contribution in [2.75, 3.05) is 6.61 Å². The van der Waals surface area contributed by atoms with Crippen LogP contribution >= 0.6 is 0 Å². The summed E-state index contributed by atoms with van der Waals surface area (Å²) in [6, 6.07) is -1.57. The van der Waals surface area contributed by atoms with Crippen LogP contribution in [0.5, 0.6) is 0 Å². The summed E-state index contributed by atoms with van der Waals surface area (Å²) in [5, 5.41) is 7.33. The molecule has 0 spiro atoms. The van der Waals surface area contributed by atoms with E-state index < -0.39 is 71.2 Å². The van der Waals surface area contributed by atoms with E-state index in [-0.39, 0.29) is 12.1 Å². The largest absolute Gasteiger partial charge is 0.462 e. The lowest BCUT2D eigenvalue weighted by Crippen LogP contribution is -2.37. The van der Waals surface area contributed by atoms with Crippen LogP contribution in [0, 0.1) is 0 Å². The molecule has 0 aromatic heterocycles. The number of halogens is 10. The molecule has 0 saturated carbocycles. The van der Waals surface area contributed by atoms with E-state index in [0.717, 1.165) is 5.01 Å². The van der Waals surface area contributed by atoms with Gasteiger partial charge < -0.3 is 4.74 Å². The zero-order chi connectivity index (χ0) is 26.9. The van der Waals surface area contributed by atoms with E-state index in [9.17, 15) is 48.7 Å². The summed E-state index contributed by atoms with van der Waals surface area (Å²) in [6.07, 6.45) is -12.9. The molecule has 0 atom stereocenters. The van der Waals surface area contributed by atoms with Gasteiger partial charge in [-0.15, -0.1) is 5.11 Å². The highest BCUT2D eigenvalue weighted by Gasteiger charge is 2.64. The summed E-state index contributed by atoms with van der Waals surface area (Å²) in [5.74, 6) is -13.7. The second-order valence-electron chi connectivity index (χ2n) is 7.54. The Labute approximate surface area is 187 Å². The van der Waals surface area contributed by atoms with E-state index >= 15 is 0 Å². The molecule has 0 N–H and O–H groups in total. The first-order valence-corrected chi connectivity index (χ1v) is 9.65. The van der Waals surface area contributed by atoms with Crippen molar-refractivity contribution in [3.05, 3.63) is 28.8 Å². The highest BCUT2D eigenvalue weighted by atomic mass is 19.4. The summed E-state index contributed by atoms with van der Waals surface area (Å²) in [4.78, 5) is 11.9. The molecule has 15 heteroatoms. The number of rotatable bonds is 8. The number of benzene rings is 1. The van der Waals surface area contributed by atoms with Crippen LogP contribution in [0.15, 0.2) is 22.5 Å². The molecule has 34 heavy (non-hydrogen) atoms. The molecule has 0 heterocycles. The van der Waals surface area contributed by atoms with E-state index in [1.54, 1.807) is 0 Å². The lowest BCUT2D eigenvalue weighted by molar-refractivity contribution is -0.291. The summed E-state index contributed by atoms with van der Waals surface area (Å²) < 4.78 is 141. The molecule has 0 aliphatic carbocycles. The third-order valence-corrected chi connectivity index (χ3v) is 4.32. The van der Waals surface area contributed by atoms with Crippen LogP contribution in [0.25, 0.3) is 0 Å². The van der Waals surface area contributed by atoms with Crippen molar-refractivity contribution in [2.45, 2.75) is 70.9 Å². The number of esters is 1. The number of nitrogens with zero attached hydrogens (tertiary/aromatic N) is 3. The standard InChI is InChI=1S/C19H21F10N3O2/c1-6-34-15(33)11-7-12(16(20,21)18(24,25)26)14(30-31-32(9(2)3)10(4)5)13(8-11)17(22,23)19(27,28)29/h7-10H,6H2,1-5H3. The first kappa shape index (κ1) is 29.4. The lowest BCUT2D eigenvalue weighted by Gasteiger charge is -2.28. The zero-order valence-corrected chi connectivity index (χ0v) is 18.5. The van der Waals surface area contributed by atoms with Crippen LogP contribution in [0.1, 0.15) is 56.1 Å². The summed E-state index contributed by atoms with van der Waals surface area (Å²) in [6.45, 7) is 6.59. The Morgan fingerprint density at radius 1 is 0.853 bits per heavy atom. The fourth-order valence-corrected chi connectivity index (χ4v) is 2.76. The Kier molecular flexibility index (Phi) is 8.60. The van der Waals surface area contributed by atoms with Crippen molar-refractivity contribution < 1.29 is 53.4 Å². The maximum Gasteiger partial charge on any atom is 0.458 e. The molecule has 0 fully saturated rings. The van der Waals surface area contributed by atoms with Gasteiger partial charge in [0.05, 0.1) is 23.3 Å². The average Bonchev–Trinajstić information content (AvgIpc) is 2.65. The third-order valence-electron chi connectivity index (χ3n) is 4.32. The first-order chi connectivity index (χ1) is 15.2. The molecule has 0 amide bonds. The summed E-state index contributed by atoms with van der Waals surface area (Å²) in [7, 11) is 0. The summed E-state index contributed by atoms with van der Waals surface area (Å²) in [5.41, 5.74) is -8.30. The molecular weight excluding hydrogens is 492 g/mol. The number of carbonyl (C=O) groups excluding carboxylic acids is 1. The van der Waals surface area contributed by atoms with Gasteiger partial charge in [-0.1, -0.05) is 5.22 Å². The van der Waals surface area contributed by atoms with E-state index in [4.69, 9.17) is 0 Å². The van der Waals surface area contributed by atoms with Gasteiger partial charge in [0.25, 0.3) is 0 Å². The molecule has 1 aromatic rings. The second-order valence-corrected chi connectivity index (χ2v) is 7.54. The van der Waals surface area contributed by atoms with E-state index in [0.29, 0.717) is 0 Å². The molecule has 0 aliphatic rings. The highest BCUT2D eigenvalue weighted by Crippen LogP contribution is 2.53. The maximum absolute atomic E-state index is 14.3. The Morgan fingerprint density at radius 2 is 1.24 bits per heavy atom. The predicted octanol–water partition coefficient (Wildman–Crippen LogP) is 7.29. The van der Waals surface area contributed by atoms with Gasteiger partial charge >= 0.3 is 30.2 Å². The van der Waals surface area contributed by atoms with Gasteiger partial charge in [0, 0.05) is 12.1 Å². The SMILES string of the molecule is CCOC(=O)c1cc(C(F)(F)C(F)(F)F)c(N=NN(C(C)C)C(C)C)c(C(F)(F)C(F)(F)F)c1. The van der Waals surface area contributed by atoms with Gasteiger partial charge in [-0.2, -0.15) is 43.9 Å². The average molecular weight is 513 g/mol. The predicted molar refractivity (Wildman–Crippen MR) is 98.9 cm³/mol. The van der Waals surface area contributed by atoms with Crippen LogP contribution in [0.2, 0.25) is 0 Å². The summed E-state index contributed by atoms with van der Waals surface area (Å²) >= 11 is 0. The van der Waals surface area contributed by atoms with Gasteiger partial charge in [0.1, 0.15) is 5.69 Å². The lowest BCUT2D eigenvalue weighted by atomic mass is 9.94. The molecular formula is C19H21F10N3O2. The van der Waals surface area contributed by atoms with Crippen molar-refractivity contribution in [3.8, 4) is 0 Å². The van der Waals surface area contributed by atoms with Crippen LogP contribution in [-0.2, 0) is 16.6 Å². The Bertz CT molecular complexity index is 854. The van der Waals surface area contributed by atoms with Crippen LogP contribution in [0.4, 0.5) is 49.6 Å². The van der Waals surface area contributed by atoms with Crippen LogP contribution in [0.3, 0.4) is 0 Å². The van der Waals surface area contributed by atoms with Crippen LogP contribution in [-0.4, -0.2) is 42.0 Å².